The van der Waals surface area contributed by atoms with Crippen LogP contribution in [0.3, 0.4) is 0 Å². The van der Waals surface area contributed by atoms with Crippen LogP contribution < -0.4 is 10.6 Å². The van der Waals surface area contributed by atoms with Crippen LogP contribution in [0.25, 0.3) is 0 Å². The Morgan fingerprint density at radius 2 is 2.33 bits per heavy atom. The van der Waals surface area contributed by atoms with Gasteiger partial charge < -0.3 is 15.4 Å². The molecule has 3 rings (SSSR count). The Kier molecular flexibility index (Phi) is 2.87. The molecule has 2 heterocycles. The van der Waals surface area contributed by atoms with E-state index in [1.807, 2.05) is 0 Å². The van der Waals surface area contributed by atoms with Gasteiger partial charge in [0.2, 0.25) is 0 Å². The van der Waals surface area contributed by atoms with Crippen molar-refractivity contribution in [2.75, 3.05) is 19.0 Å². The predicted molar refractivity (Wildman–Crippen MR) is 65.3 cm³/mol. The molecule has 1 aromatic heterocycles. The molecule has 0 unspecified atom stereocenters. The largest absolute Gasteiger partial charge is 0.464 e. The van der Waals surface area contributed by atoms with Crippen molar-refractivity contribution < 1.29 is 9.53 Å². The highest BCUT2D eigenvalue weighted by molar-refractivity contribution is 5.86. The summed E-state index contributed by atoms with van der Waals surface area (Å²) in [7, 11) is 1.33. The summed E-state index contributed by atoms with van der Waals surface area (Å²) in [5.41, 5.74) is 0.231. The summed E-state index contributed by atoms with van der Waals surface area (Å²) >= 11 is 0. The molecule has 1 saturated heterocycles. The van der Waals surface area contributed by atoms with E-state index in [0.29, 0.717) is 17.9 Å². The number of aromatic nitrogens is 2. The van der Waals surface area contributed by atoms with Crippen molar-refractivity contribution >= 4 is 11.8 Å². The van der Waals surface area contributed by atoms with Gasteiger partial charge in [0.25, 0.3) is 0 Å². The second-order valence-corrected chi connectivity index (χ2v) is 4.88. The lowest BCUT2D eigenvalue weighted by atomic mass is 10.1. The number of ether oxygens (including phenoxy) is 1. The first kappa shape index (κ1) is 11.4. The molecule has 6 nitrogen and oxygen atoms in total. The zero-order chi connectivity index (χ0) is 12.5. The van der Waals surface area contributed by atoms with Crippen molar-refractivity contribution in [3.05, 3.63) is 18.1 Å². The number of nitrogens with zero attached hydrogens (tertiary/aromatic N) is 2. The summed E-state index contributed by atoms with van der Waals surface area (Å²) in [5, 5.41) is 6.85. The maximum atomic E-state index is 11.2. The fourth-order valence-electron chi connectivity index (χ4n) is 2.82. The maximum absolute atomic E-state index is 11.2. The Balaban J connectivity index is 1.65. The molecule has 2 bridgehead atoms. The molecule has 18 heavy (non-hydrogen) atoms. The first-order valence-electron chi connectivity index (χ1n) is 6.16. The van der Waals surface area contributed by atoms with E-state index < -0.39 is 5.97 Å². The highest BCUT2D eigenvalue weighted by Crippen LogP contribution is 2.32. The molecule has 2 aliphatic rings. The summed E-state index contributed by atoms with van der Waals surface area (Å²) < 4.78 is 4.58. The Hall–Kier alpha value is -1.69. The highest BCUT2D eigenvalue weighted by atomic mass is 16.5. The minimum atomic E-state index is -0.462. The van der Waals surface area contributed by atoms with Gasteiger partial charge in [-0.25, -0.2) is 14.8 Å². The number of rotatable bonds is 3. The highest BCUT2D eigenvalue weighted by Gasteiger charge is 2.39. The van der Waals surface area contributed by atoms with Crippen molar-refractivity contribution in [3.63, 3.8) is 0 Å². The maximum Gasteiger partial charge on any atom is 0.358 e. The molecule has 3 atom stereocenters. The first-order chi connectivity index (χ1) is 8.76. The second-order valence-electron chi connectivity index (χ2n) is 4.88. The van der Waals surface area contributed by atoms with Gasteiger partial charge in [0.1, 0.15) is 5.82 Å². The predicted octanol–water partition coefficient (Wildman–Crippen LogP) is 0.425. The van der Waals surface area contributed by atoms with Gasteiger partial charge in [0, 0.05) is 12.1 Å². The molecule has 1 aliphatic heterocycles. The van der Waals surface area contributed by atoms with Crippen LogP contribution in [0, 0.1) is 5.92 Å². The minimum absolute atomic E-state index is 0.231. The monoisotopic (exact) mass is 248 g/mol. The van der Waals surface area contributed by atoms with Crippen molar-refractivity contribution in [2.45, 2.75) is 24.9 Å². The molecule has 2 fully saturated rings. The molecule has 0 aromatic carbocycles. The zero-order valence-corrected chi connectivity index (χ0v) is 10.2. The average molecular weight is 248 g/mol. The van der Waals surface area contributed by atoms with E-state index in [1.165, 1.54) is 26.1 Å². The average Bonchev–Trinajstić information content (AvgIpc) is 3.01. The standard InChI is InChI=1S/C12H16N4O2/c1-18-12(17)10-5-15-11(6-14-10)16-9-3-7-2-8(9)13-4-7/h5-9,13H,2-4H2,1H3,(H,15,16)/t7-,8+,9-/m1/s1. The van der Waals surface area contributed by atoms with Crippen LogP contribution in [0.2, 0.25) is 0 Å². The summed E-state index contributed by atoms with van der Waals surface area (Å²) in [6, 6.07) is 0.958. The smallest absolute Gasteiger partial charge is 0.358 e. The lowest BCUT2D eigenvalue weighted by Gasteiger charge is -2.24. The van der Waals surface area contributed by atoms with E-state index in [1.54, 1.807) is 6.20 Å². The third-order valence-electron chi connectivity index (χ3n) is 3.71. The SMILES string of the molecule is COC(=O)c1cnc(N[C@@H]2C[C@@H]3CN[C@H]2C3)cn1. The van der Waals surface area contributed by atoms with E-state index in [0.717, 1.165) is 12.5 Å². The topological polar surface area (TPSA) is 76.1 Å². The van der Waals surface area contributed by atoms with Gasteiger partial charge in [-0.3, -0.25) is 0 Å². The summed E-state index contributed by atoms with van der Waals surface area (Å²) in [6.07, 6.45) is 5.44. The van der Waals surface area contributed by atoms with Crippen LogP contribution in [0.15, 0.2) is 12.4 Å². The number of esters is 1. The van der Waals surface area contributed by atoms with Crippen LogP contribution in [0.5, 0.6) is 0 Å². The van der Waals surface area contributed by atoms with Crippen molar-refractivity contribution in [2.24, 2.45) is 5.92 Å². The number of hydrogen-bond donors (Lipinski definition) is 2. The van der Waals surface area contributed by atoms with Gasteiger partial charge in [-0.1, -0.05) is 0 Å². The van der Waals surface area contributed by atoms with Gasteiger partial charge in [0.15, 0.2) is 5.69 Å². The van der Waals surface area contributed by atoms with Crippen LogP contribution in [-0.2, 0) is 4.74 Å². The number of methoxy groups -OCH3 is 1. The van der Waals surface area contributed by atoms with Gasteiger partial charge >= 0.3 is 5.97 Å². The Morgan fingerprint density at radius 3 is 2.89 bits per heavy atom. The van der Waals surface area contributed by atoms with Crippen LogP contribution >= 0.6 is 0 Å². The Morgan fingerprint density at radius 1 is 1.44 bits per heavy atom. The Bertz CT molecular complexity index is 448. The second kappa shape index (κ2) is 4.53. The normalized spacial score (nSPS) is 29.3. The number of hydrogen-bond acceptors (Lipinski definition) is 6. The van der Waals surface area contributed by atoms with E-state index in [9.17, 15) is 4.79 Å². The van der Waals surface area contributed by atoms with Gasteiger partial charge in [-0.15, -0.1) is 0 Å². The minimum Gasteiger partial charge on any atom is -0.464 e. The molecule has 0 amide bonds. The number of anilines is 1. The molecule has 0 radical (unpaired) electrons. The van der Waals surface area contributed by atoms with Crippen LogP contribution in [-0.4, -0.2) is 41.7 Å². The summed E-state index contributed by atoms with van der Waals surface area (Å²) in [4.78, 5) is 19.4. The number of piperidine rings is 1. The Labute approximate surface area is 105 Å². The number of carbonyl (C=O) groups is 1. The van der Waals surface area contributed by atoms with E-state index >= 15 is 0 Å². The number of fused-ring (bicyclic) bond motifs is 2. The molecule has 1 saturated carbocycles. The lowest BCUT2D eigenvalue weighted by Crippen LogP contribution is -2.41. The van der Waals surface area contributed by atoms with E-state index in [-0.39, 0.29) is 5.69 Å². The van der Waals surface area contributed by atoms with Gasteiger partial charge in [-0.2, -0.15) is 0 Å². The molecular weight excluding hydrogens is 232 g/mol. The molecule has 6 heteroatoms. The van der Waals surface area contributed by atoms with Gasteiger partial charge in [0.05, 0.1) is 19.5 Å². The van der Waals surface area contributed by atoms with Crippen molar-refractivity contribution in [1.29, 1.82) is 0 Å². The third-order valence-corrected chi connectivity index (χ3v) is 3.71. The first-order valence-corrected chi connectivity index (χ1v) is 6.16. The molecule has 0 spiro atoms. The van der Waals surface area contributed by atoms with Crippen LogP contribution in [0.4, 0.5) is 5.82 Å². The number of carbonyl (C=O) groups excluding carboxylic acids is 1. The quantitative estimate of drug-likeness (QED) is 0.755. The number of nitrogens with one attached hydrogen (secondary N) is 2. The fraction of sp³-hybridized carbons (Fsp3) is 0.583. The summed E-state index contributed by atoms with van der Waals surface area (Å²) in [6.45, 7) is 1.13. The fourth-order valence-corrected chi connectivity index (χ4v) is 2.82. The zero-order valence-electron chi connectivity index (χ0n) is 10.2. The molecule has 2 N–H and O–H groups in total. The van der Waals surface area contributed by atoms with E-state index in [4.69, 9.17) is 0 Å². The molecule has 1 aromatic rings. The van der Waals surface area contributed by atoms with E-state index in [2.05, 4.69) is 25.3 Å². The molecule has 1 aliphatic carbocycles. The summed E-state index contributed by atoms with van der Waals surface area (Å²) in [5.74, 6) is 1.03. The third kappa shape index (κ3) is 2.03. The lowest BCUT2D eigenvalue weighted by molar-refractivity contribution is 0.0593. The van der Waals surface area contributed by atoms with Crippen LogP contribution in [0.1, 0.15) is 23.3 Å². The van der Waals surface area contributed by atoms with Crippen molar-refractivity contribution in [1.82, 2.24) is 15.3 Å². The van der Waals surface area contributed by atoms with Crippen molar-refractivity contribution in [3.8, 4) is 0 Å². The molecular formula is C12H16N4O2. The van der Waals surface area contributed by atoms with Gasteiger partial charge in [-0.05, 0) is 25.3 Å². The molecule has 96 valence electrons.